The molecule has 0 bridgehead atoms. The lowest BCUT2D eigenvalue weighted by molar-refractivity contribution is -0.118. The van der Waals surface area contributed by atoms with Crippen LogP contribution in [0.25, 0.3) is 0 Å². The summed E-state index contributed by atoms with van der Waals surface area (Å²) in [7, 11) is 0. The summed E-state index contributed by atoms with van der Waals surface area (Å²) in [6, 6.07) is 9.77. The van der Waals surface area contributed by atoms with E-state index < -0.39 is 0 Å². The van der Waals surface area contributed by atoms with Gasteiger partial charge in [-0.25, -0.2) is 0 Å². The molecule has 0 aliphatic carbocycles. The van der Waals surface area contributed by atoms with Gasteiger partial charge in [-0.05, 0) is 12.1 Å². The zero-order valence-electron chi connectivity index (χ0n) is 7.81. The number of Topliss-reactive ketones (excluding diaryl/α,β-unsaturated/α-hetero) is 1. The Balaban J connectivity index is 2.27. The van der Waals surface area contributed by atoms with Gasteiger partial charge in [-0.1, -0.05) is 18.2 Å². The smallest absolute Gasteiger partial charge is 0.143 e. The largest absolute Gasteiger partial charge is 0.303 e. The SMILES string of the molecule is O=CCCC(=O)CSc1ccccc1. The predicted molar refractivity (Wildman–Crippen MR) is 57.5 cm³/mol. The summed E-state index contributed by atoms with van der Waals surface area (Å²) < 4.78 is 0. The van der Waals surface area contributed by atoms with Crippen LogP contribution in [0.4, 0.5) is 0 Å². The fraction of sp³-hybridized carbons (Fsp3) is 0.273. The second-order valence-corrected chi connectivity index (χ2v) is 3.89. The molecule has 0 N–H and O–H groups in total. The molecule has 0 fully saturated rings. The number of carbonyl (C=O) groups is 2. The van der Waals surface area contributed by atoms with Gasteiger partial charge in [0.2, 0.25) is 0 Å². The molecule has 1 aromatic rings. The van der Waals surface area contributed by atoms with Crippen molar-refractivity contribution < 1.29 is 9.59 Å². The average molecular weight is 208 g/mol. The summed E-state index contributed by atoms with van der Waals surface area (Å²) in [6.45, 7) is 0. The minimum atomic E-state index is 0.131. The van der Waals surface area contributed by atoms with Gasteiger partial charge in [-0.2, -0.15) is 0 Å². The molecule has 0 aromatic heterocycles. The van der Waals surface area contributed by atoms with Gasteiger partial charge in [0.15, 0.2) is 0 Å². The number of aldehydes is 1. The van der Waals surface area contributed by atoms with E-state index in [2.05, 4.69) is 0 Å². The van der Waals surface area contributed by atoms with Gasteiger partial charge < -0.3 is 4.79 Å². The molecular formula is C11H12O2S. The van der Waals surface area contributed by atoms with Crippen molar-refractivity contribution in [2.75, 3.05) is 5.75 Å². The predicted octanol–water partition coefficient (Wildman–Crippen LogP) is 2.33. The molecule has 0 aliphatic rings. The number of thioether (sulfide) groups is 1. The quantitative estimate of drug-likeness (QED) is 0.531. The highest BCUT2D eigenvalue weighted by atomic mass is 32.2. The van der Waals surface area contributed by atoms with E-state index in [0.29, 0.717) is 18.6 Å². The number of carbonyl (C=O) groups excluding carboxylic acids is 2. The van der Waals surface area contributed by atoms with Crippen molar-refractivity contribution >= 4 is 23.8 Å². The Morgan fingerprint density at radius 3 is 2.64 bits per heavy atom. The minimum absolute atomic E-state index is 0.131. The molecule has 0 spiro atoms. The van der Waals surface area contributed by atoms with Gasteiger partial charge in [0.25, 0.3) is 0 Å². The summed E-state index contributed by atoms with van der Waals surface area (Å²) >= 11 is 1.51. The normalized spacial score (nSPS) is 9.71. The van der Waals surface area contributed by atoms with Gasteiger partial charge in [0.1, 0.15) is 12.1 Å². The van der Waals surface area contributed by atoms with Crippen LogP contribution in [-0.4, -0.2) is 17.8 Å². The van der Waals surface area contributed by atoms with Crippen molar-refractivity contribution in [2.45, 2.75) is 17.7 Å². The first-order valence-electron chi connectivity index (χ1n) is 4.46. The van der Waals surface area contributed by atoms with Crippen LogP contribution < -0.4 is 0 Å². The standard InChI is InChI=1S/C11H12O2S/c12-8-4-5-10(13)9-14-11-6-2-1-3-7-11/h1-3,6-8H,4-5,9H2. The second-order valence-electron chi connectivity index (χ2n) is 2.85. The van der Waals surface area contributed by atoms with E-state index in [0.717, 1.165) is 11.2 Å². The van der Waals surface area contributed by atoms with Gasteiger partial charge in [0, 0.05) is 17.7 Å². The van der Waals surface area contributed by atoms with E-state index in [-0.39, 0.29) is 5.78 Å². The maximum absolute atomic E-state index is 11.2. The first-order chi connectivity index (χ1) is 6.83. The van der Waals surface area contributed by atoms with E-state index in [4.69, 9.17) is 0 Å². The Kier molecular flexibility index (Phi) is 5.00. The topological polar surface area (TPSA) is 34.1 Å². The van der Waals surface area contributed by atoms with Crippen molar-refractivity contribution in [1.29, 1.82) is 0 Å². The third-order valence-electron chi connectivity index (χ3n) is 1.68. The summed E-state index contributed by atoms with van der Waals surface area (Å²) in [6.07, 6.45) is 1.49. The molecule has 3 heteroatoms. The highest BCUT2D eigenvalue weighted by Crippen LogP contribution is 2.17. The second kappa shape index (κ2) is 6.38. The maximum Gasteiger partial charge on any atom is 0.143 e. The fourth-order valence-electron chi connectivity index (χ4n) is 0.973. The summed E-state index contributed by atoms with van der Waals surface area (Å²) in [5.41, 5.74) is 0. The zero-order chi connectivity index (χ0) is 10.2. The van der Waals surface area contributed by atoms with Crippen molar-refractivity contribution in [3.8, 4) is 0 Å². The van der Waals surface area contributed by atoms with E-state index >= 15 is 0 Å². The first kappa shape index (κ1) is 11.0. The molecule has 74 valence electrons. The van der Waals surface area contributed by atoms with Crippen molar-refractivity contribution in [2.24, 2.45) is 0 Å². The van der Waals surface area contributed by atoms with E-state index in [1.807, 2.05) is 30.3 Å². The highest BCUT2D eigenvalue weighted by molar-refractivity contribution is 8.00. The Morgan fingerprint density at radius 2 is 2.00 bits per heavy atom. The van der Waals surface area contributed by atoms with Crippen LogP contribution in [0.5, 0.6) is 0 Å². The van der Waals surface area contributed by atoms with Crippen molar-refractivity contribution in [1.82, 2.24) is 0 Å². The number of hydrogen-bond acceptors (Lipinski definition) is 3. The fourth-order valence-corrected chi connectivity index (χ4v) is 1.79. The number of ketones is 1. The van der Waals surface area contributed by atoms with Gasteiger partial charge in [-0.3, -0.25) is 4.79 Å². The van der Waals surface area contributed by atoms with E-state index in [9.17, 15) is 9.59 Å². The van der Waals surface area contributed by atoms with Gasteiger partial charge in [0.05, 0.1) is 5.75 Å². The molecule has 0 aliphatic heterocycles. The van der Waals surface area contributed by atoms with E-state index in [1.165, 1.54) is 11.8 Å². The molecule has 1 aromatic carbocycles. The molecule has 0 saturated heterocycles. The first-order valence-corrected chi connectivity index (χ1v) is 5.44. The lowest BCUT2D eigenvalue weighted by atomic mass is 10.2. The Labute approximate surface area is 87.7 Å². The minimum Gasteiger partial charge on any atom is -0.303 e. The Bertz CT molecular complexity index is 295. The average Bonchev–Trinajstić information content (AvgIpc) is 2.25. The molecular weight excluding hydrogens is 196 g/mol. The van der Waals surface area contributed by atoms with Crippen LogP contribution >= 0.6 is 11.8 Å². The number of rotatable bonds is 6. The van der Waals surface area contributed by atoms with Gasteiger partial charge in [-0.15, -0.1) is 11.8 Å². The summed E-state index contributed by atoms with van der Waals surface area (Å²) in [4.78, 5) is 22.3. The Hall–Kier alpha value is -1.09. The van der Waals surface area contributed by atoms with Crippen LogP contribution in [-0.2, 0) is 9.59 Å². The lowest BCUT2D eigenvalue weighted by Crippen LogP contribution is -2.00. The van der Waals surface area contributed by atoms with Crippen LogP contribution in [0, 0.1) is 0 Å². The molecule has 14 heavy (non-hydrogen) atoms. The third kappa shape index (κ3) is 4.23. The van der Waals surface area contributed by atoms with Crippen LogP contribution in [0.2, 0.25) is 0 Å². The molecule has 0 radical (unpaired) electrons. The molecule has 0 amide bonds. The van der Waals surface area contributed by atoms with Crippen LogP contribution in [0.3, 0.4) is 0 Å². The monoisotopic (exact) mass is 208 g/mol. The molecule has 0 saturated carbocycles. The molecule has 0 atom stereocenters. The highest BCUT2D eigenvalue weighted by Gasteiger charge is 2.01. The zero-order valence-corrected chi connectivity index (χ0v) is 8.63. The number of benzene rings is 1. The molecule has 0 heterocycles. The lowest BCUT2D eigenvalue weighted by Gasteiger charge is -1.98. The third-order valence-corrected chi connectivity index (χ3v) is 2.76. The van der Waals surface area contributed by atoms with E-state index in [1.54, 1.807) is 0 Å². The molecule has 1 rings (SSSR count). The number of hydrogen-bond donors (Lipinski definition) is 0. The van der Waals surface area contributed by atoms with Crippen molar-refractivity contribution in [3.63, 3.8) is 0 Å². The Morgan fingerprint density at radius 1 is 1.29 bits per heavy atom. The van der Waals surface area contributed by atoms with Crippen LogP contribution in [0.15, 0.2) is 35.2 Å². The summed E-state index contributed by atoms with van der Waals surface area (Å²) in [5.74, 6) is 0.587. The van der Waals surface area contributed by atoms with Gasteiger partial charge >= 0.3 is 0 Å². The van der Waals surface area contributed by atoms with Crippen LogP contribution in [0.1, 0.15) is 12.8 Å². The van der Waals surface area contributed by atoms with Crippen molar-refractivity contribution in [3.05, 3.63) is 30.3 Å². The maximum atomic E-state index is 11.2. The molecule has 2 nitrogen and oxygen atoms in total. The summed E-state index contributed by atoms with van der Waals surface area (Å²) in [5, 5.41) is 0. The molecule has 0 unspecified atom stereocenters.